The van der Waals surface area contributed by atoms with Crippen LogP contribution >= 0.6 is 12.2 Å². The van der Waals surface area contributed by atoms with Gasteiger partial charge in [0.2, 0.25) is 5.91 Å². The summed E-state index contributed by atoms with van der Waals surface area (Å²) in [7, 11) is 5.33. The Morgan fingerprint density at radius 2 is 1.86 bits per heavy atom. The van der Waals surface area contributed by atoms with E-state index in [2.05, 4.69) is 10.4 Å². The number of hydrogen-bond donors (Lipinski definition) is 1. The van der Waals surface area contributed by atoms with Crippen molar-refractivity contribution >= 4 is 18.1 Å². The predicted octanol–water partition coefficient (Wildman–Crippen LogP) is 2.34. The largest absolute Gasteiger partial charge is 0.497 e. The summed E-state index contributed by atoms with van der Waals surface area (Å²) < 4.78 is 15.0. The molecule has 1 aromatic heterocycles. The van der Waals surface area contributed by atoms with Crippen molar-refractivity contribution in [2.45, 2.75) is 39.6 Å². The van der Waals surface area contributed by atoms with Gasteiger partial charge in [0.1, 0.15) is 18.1 Å². The highest BCUT2D eigenvalue weighted by Gasteiger charge is 2.16. The lowest BCUT2D eigenvalue weighted by Crippen LogP contribution is -2.45. The van der Waals surface area contributed by atoms with E-state index >= 15 is 0 Å². The summed E-state index contributed by atoms with van der Waals surface area (Å²) in [6.45, 7) is 6.81. The number of methoxy groups -OCH3 is 1. The number of aromatic nitrogens is 3. The van der Waals surface area contributed by atoms with Gasteiger partial charge >= 0.3 is 0 Å². The first kappa shape index (κ1) is 21.9. The van der Waals surface area contributed by atoms with Crippen molar-refractivity contribution in [3.63, 3.8) is 0 Å². The van der Waals surface area contributed by atoms with E-state index in [0.717, 1.165) is 11.5 Å². The van der Waals surface area contributed by atoms with Crippen LogP contribution < -0.4 is 14.8 Å². The molecule has 0 spiro atoms. The molecule has 0 saturated heterocycles. The lowest BCUT2D eigenvalue weighted by molar-refractivity contribution is -0.123. The molecule has 1 N–H and O–H groups in total. The van der Waals surface area contributed by atoms with Gasteiger partial charge in [0, 0.05) is 12.6 Å². The Balaban J connectivity index is 1.97. The van der Waals surface area contributed by atoms with Crippen molar-refractivity contribution in [3.8, 4) is 11.5 Å². The van der Waals surface area contributed by atoms with Crippen LogP contribution in [0, 0.1) is 4.77 Å². The first-order valence-corrected chi connectivity index (χ1v) is 9.39. The molecular weight excluding hydrogens is 378 g/mol. The Morgan fingerprint density at radius 3 is 2.43 bits per heavy atom. The molecule has 9 heteroatoms. The first-order chi connectivity index (χ1) is 13.1. The molecular formula is C19H29N5O3S. The van der Waals surface area contributed by atoms with Gasteiger partial charge in [-0.25, -0.2) is 4.68 Å². The van der Waals surface area contributed by atoms with Gasteiger partial charge in [-0.1, -0.05) is 0 Å². The van der Waals surface area contributed by atoms with E-state index in [1.54, 1.807) is 11.8 Å². The number of carbonyl (C=O) groups excluding carboxylic acids is 1. The number of rotatable bonds is 8. The minimum absolute atomic E-state index is 0.0412. The van der Waals surface area contributed by atoms with Crippen molar-refractivity contribution in [3.05, 3.63) is 34.9 Å². The highest BCUT2D eigenvalue weighted by atomic mass is 32.1. The van der Waals surface area contributed by atoms with Crippen molar-refractivity contribution in [1.29, 1.82) is 0 Å². The van der Waals surface area contributed by atoms with E-state index in [1.165, 1.54) is 0 Å². The lowest BCUT2D eigenvalue weighted by Gasteiger charge is -2.23. The average Bonchev–Trinajstić information content (AvgIpc) is 2.86. The van der Waals surface area contributed by atoms with Gasteiger partial charge in [0.15, 0.2) is 10.6 Å². The van der Waals surface area contributed by atoms with Gasteiger partial charge in [-0.05, 0) is 64.3 Å². The number of hydrogen-bond acceptors (Lipinski definition) is 6. The quantitative estimate of drug-likeness (QED) is 0.677. The highest BCUT2D eigenvalue weighted by Crippen LogP contribution is 2.18. The Hall–Kier alpha value is -2.39. The fourth-order valence-corrected chi connectivity index (χ4v) is 2.76. The van der Waals surface area contributed by atoms with Gasteiger partial charge in [-0.15, -0.1) is 0 Å². The highest BCUT2D eigenvalue weighted by molar-refractivity contribution is 7.71. The Kier molecular flexibility index (Phi) is 7.20. The third-order valence-corrected chi connectivity index (χ3v) is 4.35. The Morgan fingerprint density at radius 1 is 1.25 bits per heavy atom. The maximum absolute atomic E-state index is 12.1. The van der Waals surface area contributed by atoms with Gasteiger partial charge in [-0.3, -0.25) is 9.69 Å². The molecule has 0 unspecified atom stereocenters. The number of nitrogens with zero attached hydrogens (tertiary/aromatic N) is 4. The van der Waals surface area contributed by atoms with Crippen LogP contribution in [0.3, 0.4) is 0 Å². The predicted molar refractivity (Wildman–Crippen MR) is 110 cm³/mol. The van der Waals surface area contributed by atoms with Gasteiger partial charge in [0.05, 0.1) is 20.3 Å². The van der Waals surface area contributed by atoms with E-state index in [1.807, 2.05) is 68.6 Å². The van der Waals surface area contributed by atoms with Crippen LogP contribution in [-0.4, -0.2) is 51.4 Å². The molecule has 0 radical (unpaired) electrons. The minimum atomic E-state index is -0.259. The second-order valence-corrected chi connectivity index (χ2v) is 8.04. The second-order valence-electron chi connectivity index (χ2n) is 7.68. The lowest BCUT2D eigenvalue weighted by atomic mass is 10.1. The van der Waals surface area contributed by atoms with Crippen molar-refractivity contribution in [1.82, 2.24) is 24.6 Å². The summed E-state index contributed by atoms with van der Waals surface area (Å²) in [6.07, 6.45) is 0. The SMILES string of the molecule is COc1ccc(OCc2nn(CN(C)CC(=O)NC(C)(C)C)c(=S)n2C)cc1. The molecule has 0 aliphatic heterocycles. The smallest absolute Gasteiger partial charge is 0.234 e. The van der Waals surface area contributed by atoms with Crippen LogP contribution in [-0.2, 0) is 25.1 Å². The van der Waals surface area contributed by atoms with Crippen molar-refractivity contribution < 1.29 is 14.3 Å². The Bertz CT molecular complexity index is 852. The fourth-order valence-electron chi connectivity index (χ4n) is 2.55. The average molecular weight is 408 g/mol. The van der Waals surface area contributed by atoms with Crippen molar-refractivity contribution in [2.75, 3.05) is 20.7 Å². The molecule has 0 saturated carbocycles. The molecule has 8 nitrogen and oxygen atoms in total. The van der Waals surface area contributed by atoms with Crippen molar-refractivity contribution in [2.24, 2.45) is 7.05 Å². The second kappa shape index (κ2) is 9.20. The van der Waals surface area contributed by atoms with E-state index in [4.69, 9.17) is 21.7 Å². The van der Waals surface area contributed by atoms with Gasteiger partial charge in [-0.2, -0.15) is 5.10 Å². The van der Waals surface area contributed by atoms with E-state index in [0.29, 0.717) is 17.3 Å². The first-order valence-electron chi connectivity index (χ1n) is 8.98. The molecule has 28 heavy (non-hydrogen) atoms. The molecule has 1 heterocycles. The molecule has 1 amide bonds. The summed E-state index contributed by atoms with van der Waals surface area (Å²) in [6, 6.07) is 7.35. The molecule has 2 rings (SSSR count). The minimum Gasteiger partial charge on any atom is -0.497 e. The number of ether oxygens (including phenoxy) is 2. The van der Waals surface area contributed by atoms with Gasteiger partial charge < -0.3 is 19.4 Å². The standard InChI is InChI=1S/C19H29N5O3S/c1-19(2,3)20-17(25)11-22(4)13-24-18(28)23(5)16(21-24)12-27-15-9-7-14(26-6)8-10-15/h7-10H,11-13H2,1-6H3,(H,20,25). The summed E-state index contributed by atoms with van der Waals surface area (Å²) >= 11 is 5.46. The number of amides is 1. The number of likely N-dealkylation sites (N-methyl/N-ethyl adjacent to an activating group) is 1. The van der Waals surface area contributed by atoms with Crippen LogP contribution in [0.15, 0.2) is 24.3 Å². The van der Waals surface area contributed by atoms with Gasteiger partial charge in [0.25, 0.3) is 0 Å². The molecule has 1 aromatic carbocycles. The summed E-state index contributed by atoms with van der Waals surface area (Å²) in [5.41, 5.74) is -0.259. The molecule has 0 atom stereocenters. The molecule has 154 valence electrons. The Labute approximate surface area is 171 Å². The number of benzene rings is 1. The summed E-state index contributed by atoms with van der Waals surface area (Å²) in [5.74, 6) is 2.15. The van der Waals surface area contributed by atoms with Crippen LogP contribution in [0.5, 0.6) is 11.5 Å². The van der Waals surface area contributed by atoms with Crippen LogP contribution in [0.4, 0.5) is 0 Å². The monoisotopic (exact) mass is 407 g/mol. The number of nitrogens with one attached hydrogen (secondary N) is 1. The zero-order chi connectivity index (χ0) is 20.9. The van der Waals surface area contributed by atoms with E-state index < -0.39 is 0 Å². The molecule has 0 aliphatic carbocycles. The fraction of sp³-hybridized carbons (Fsp3) is 0.526. The normalized spacial score (nSPS) is 11.5. The third-order valence-electron chi connectivity index (χ3n) is 3.86. The molecule has 0 fully saturated rings. The maximum atomic E-state index is 12.1. The summed E-state index contributed by atoms with van der Waals surface area (Å²) in [5, 5.41) is 7.48. The molecule has 0 aliphatic rings. The van der Waals surface area contributed by atoms with Crippen LogP contribution in [0.2, 0.25) is 0 Å². The number of carbonyl (C=O) groups is 1. The topological polar surface area (TPSA) is 73.6 Å². The van der Waals surface area contributed by atoms with Crippen LogP contribution in [0.25, 0.3) is 0 Å². The van der Waals surface area contributed by atoms with E-state index in [9.17, 15) is 4.79 Å². The summed E-state index contributed by atoms with van der Waals surface area (Å²) in [4.78, 5) is 13.9. The molecule has 2 aromatic rings. The third kappa shape index (κ3) is 6.35. The maximum Gasteiger partial charge on any atom is 0.234 e. The zero-order valence-electron chi connectivity index (χ0n) is 17.4. The van der Waals surface area contributed by atoms with Crippen LogP contribution in [0.1, 0.15) is 26.6 Å². The zero-order valence-corrected chi connectivity index (χ0v) is 18.2. The van der Waals surface area contributed by atoms with E-state index in [-0.39, 0.29) is 24.6 Å². The molecule has 0 bridgehead atoms.